The molecule has 2 unspecified atom stereocenters. The molecule has 0 fully saturated rings. The van der Waals surface area contributed by atoms with Gasteiger partial charge in [-0.3, -0.25) is 9.69 Å². The van der Waals surface area contributed by atoms with E-state index < -0.39 is 12.0 Å². The van der Waals surface area contributed by atoms with Gasteiger partial charge < -0.3 is 5.11 Å². The first kappa shape index (κ1) is 15.1. The van der Waals surface area contributed by atoms with Crippen molar-refractivity contribution < 1.29 is 9.90 Å². The number of aryl methyl sites for hydroxylation is 2. The fourth-order valence-electron chi connectivity index (χ4n) is 2.29. The number of nitrogens with zero attached hydrogens (tertiary/aromatic N) is 2. The minimum Gasteiger partial charge on any atom is -0.480 e. The number of hydrogen-bond donors (Lipinski definition) is 1. The molecule has 0 bridgehead atoms. The summed E-state index contributed by atoms with van der Waals surface area (Å²) in [5, 5.41) is 10.4. The van der Waals surface area contributed by atoms with Crippen molar-refractivity contribution in [3.8, 4) is 0 Å². The van der Waals surface area contributed by atoms with E-state index in [1.54, 1.807) is 11.3 Å². The summed E-state index contributed by atoms with van der Waals surface area (Å²) in [7, 11) is 1.87. The van der Waals surface area contributed by atoms with Gasteiger partial charge in [0, 0.05) is 10.9 Å². The molecule has 0 aliphatic heterocycles. The Hall–Kier alpha value is -0.940. The third kappa shape index (κ3) is 3.09. The van der Waals surface area contributed by atoms with Crippen LogP contribution in [-0.4, -0.2) is 34.0 Å². The molecule has 5 heteroatoms. The van der Waals surface area contributed by atoms with Crippen LogP contribution in [0.25, 0.3) is 0 Å². The summed E-state index contributed by atoms with van der Waals surface area (Å²) in [5.41, 5.74) is 1.00. The van der Waals surface area contributed by atoms with E-state index in [0.717, 1.165) is 15.6 Å². The minimum atomic E-state index is -0.766. The molecule has 1 rings (SSSR count). The maximum atomic E-state index is 11.4. The number of thiazole rings is 1. The highest BCUT2D eigenvalue weighted by Gasteiger charge is 2.31. The normalized spacial score (nSPS) is 15.1. The van der Waals surface area contributed by atoms with Crippen LogP contribution in [0, 0.1) is 19.8 Å². The Kier molecular flexibility index (Phi) is 4.87. The third-order valence-corrected chi connectivity index (χ3v) is 4.50. The molecule has 0 spiro atoms. The molecule has 102 valence electrons. The summed E-state index contributed by atoms with van der Waals surface area (Å²) in [6, 6.07) is -0.401. The second kappa shape index (κ2) is 5.80. The summed E-state index contributed by atoms with van der Waals surface area (Å²) >= 11 is 1.65. The lowest BCUT2D eigenvalue weighted by Crippen LogP contribution is -2.43. The standard InChI is InChI=1S/C13H22N2O2S/c1-7(2)11(13(16)17)15(6)9(4)12-8(3)14-10(5)18-12/h7,9,11H,1-6H3,(H,16,17). The molecule has 0 saturated heterocycles. The predicted octanol–water partition coefficient (Wildman–Crippen LogP) is 2.86. The van der Waals surface area contributed by atoms with Gasteiger partial charge in [0.15, 0.2) is 0 Å². The quantitative estimate of drug-likeness (QED) is 0.894. The van der Waals surface area contributed by atoms with Crippen LogP contribution in [0.2, 0.25) is 0 Å². The fourth-order valence-corrected chi connectivity index (χ4v) is 3.32. The number of rotatable bonds is 5. The van der Waals surface area contributed by atoms with Gasteiger partial charge in [0.1, 0.15) is 6.04 Å². The van der Waals surface area contributed by atoms with Crippen molar-refractivity contribution in [3.63, 3.8) is 0 Å². The molecular weight excluding hydrogens is 248 g/mol. The third-order valence-electron chi connectivity index (χ3n) is 3.25. The minimum absolute atomic E-state index is 0.0692. The van der Waals surface area contributed by atoms with Crippen LogP contribution in [0.3, 0.4) is 0 Å². The molecule has 4 nitrogen and oxygen atoms in total. The zero-order chi connectivity index (χ0) is 14.0. The molecule has 2 atom stereocenters. The Balaban J connectivity index is 2.98. The van der Waals surface area contributed by atoms with E-state index in [-0.39, 0.29) is 12.0 Å². The molecule has 0 aliphatic carbocycles. The zero-order valence-electron chi connectivity index (χ0n) is 11.9. The average molecular weight is 270 g/mol. The van der Waals surface area contributed by atoms with Crippen molar-refractivity contribution in [1.82, 2.24) is 9.88 Å². The zero-order valence-corrected chi connectivity index (χ0v) is 12.7. The molecular formula is C13H22N2O2S. The van der Waals surface area contributed by atoms with Gasteiger partial charge in [-0.15, -0.1) is 11.3 Å². The van der Waals surface area contributed by atoms with Crippen molar-refractivity contribution in [2.75, 3.05) is 7.05 Å². The van der Waals surface area contributed by atoms with Crippen LogP contribution in [0.4, 0.5) is 0 Å². The van der Waals surface area contributed by atoms with Crippen LogP contribution in [-0.2, 0) is 4.79 Å². The molecule has 1 aromatic heterocycles. The molecule has 1 N–H and O–H groups in total. The Labute approximate surface area is 113 Å². The van der Waals surface area contributed by atoms with E-state index >= 15 is 0 Å². The van der Waals surface area contributed by atoms with Crippen molar-refractivity contribution in [3.05, 3.63) is 15.6 Å². The molecule has 18 heavy (non-hydrogen) atoms. The molecule has 1 aromatic rings. The van der Waals surface area contributed by atoms with Gasteiger partial charge in [0.25, 0.3) is 0 Å². The predicted molar refractivity (Wildman–Crippen MR) is 74.0 cm³/mol. The fraction of sp³-hybridized carbons (Fsp3) is 0.692. The van der Waals surface area contributed by atoms with Gasteiger partial charge in [-0.1, -0.05) is 13.8 Å². The Morgan fingerprint density at radius 1 is 1.33 bits per heavy atom. The summed E-state index contributed by atoms with van der Waals surface area (Å²) in [6.45, 7) is 9.87. The van der Waals surface area contributed by atoms with Crippen LogP contribution in [0.1, 0.15) is 42.4 Å². The number of hydrogen-bond acceptors (Lipinski definition) is 4. The molecule has 1 heterocycles. The van der Waals surface area contributed by atoms with Gasteiger partial charge in [-0.05, 0) is 33.7 Å². The largest absolute Gasteiger partial charge is 0.480 e. The van der Waals surface area contributed by atoms with Crippen LogP contribution in [0.15, 0.2) is 0 Å². The van der Waals surface area contributed by atoms with Gasteiger partial charge >= 0.3 is 5.97 Å². The monoisotopic (exact) mass is 270 g/mol. The molecule has 0 amide bonds. The second-order valence-electron chi connectivity index (χ2n) is 5.05. The van der Waals surface area contributed by atoms with Gasteiger partial charge in [-0.2, -0.15) is 0 Å². The van der Waals surface area contributed by atoms with E-state index in [1.807, 2.05) is 46.6 Å². The average Bonchev–Trinajstić information content (AvgIpc) is 2.55. The van der Waals surface area contributed by atoms with Crippen LogP contribution < -0.4 is 0 Å². The van der Waals surface area contributed by atoms with Crippen LogP contribution >= 0.6 is 11.3 Å². The first-order valence-corrected chi connectivity index (χ1v) is 6.96. The molecule has 0 aromatic carbocycles. The van der Waals surface area contributed by atoms with E-state index in [1.165, 1.54) is 0 Å². The van der Waals surface area contributed by atoms with E-state index in [2.05, 4.69) is 4.98 Å². The van der Waals surface area contributed by atoms with E-state index in [0.29, 0.717) is 0 Å². The first-order chi connectivity index (χ1) is 8.25. The topological polar surface area (TPSA) is 53.4 Å². The van der Waals surface area contributed by atoms with Gasteiger partial charge in [-0.25, -0.2) is 4.98 Å². The number of carbonyl (C=O) groups is 1. The van der Waals surface area contributed by atoms with E-state index in [9.17, 15) is 9.90 Å². The number of carboxylic acid groups (broad SMARTS) is 1. The smallest absolute Gasteiger partial charge is 0.321 e. The summed E-state index contributed by atoms with van der Waals surface area (Å²) in [6.07, 6.45) is 0. The SMILES string of the molecule is Cc1nc(C)c(C(C)N(C)C(C(=O)O)C(C)C)s1. The van der Waals surface area contributed by atoms with Crippen LogP contribution in [0.5, 0.6) is 0 Å². The van der Waals surface area contributed by atoms with Gasteiger partial charge in [0.05, 0.1) is 10.7 Å². The number of carboxylic acids is 1. The summed E-state index contributed by atoms with van der Waals surface area (Å²) in [5.74, 6) is -0.692. The van der Waals surface area contributed by atoms with Gasteiger partial charge in [0.2, 0.25) is 0 Å². The first-order valence-electron chi connectivity index (χ1n) is 6.14. The highest BCUT2D eigenvalue weighted by atomic mass is 32.1. The maximum Gasteiger partial charge on any atom is 0.321 e. The van der Waals surface area contributed by atoms with Crippen molar-refractivity contribution in [2.45, 2.75) is 46.7 Å². The van der Waals surface area contributed by atoms with Crippen molar-refractivity contribution in [1.29, 1.82) is 0 Å². The van der Waals surface area contributed by atoms with Crippen molar-refractivity contribution in [2.24, 2.45) is 5.92 Å². The number of aliphatic carboxylic acids is 1. The number of aromatic nitrogens is 1. The maximum absolute atomic E-state index is 11.4. The highest BCUT2D eigenvalue weighted by Crippen LogP contribution is 2.30. The lowest BCUT2D eigenvalue weighted by molar-refractivity contribution is -0.145. The molecule has 0 aliphatic rings. The number of likely N-dealkylation sites (N-methyl/N-ethyl adjacent to an activating group) is 1. The van der Waals surface area contributed by atoms with E-state index in [4.69, 9.17) is 0 Å². The second-order valence-corrected chi connectivity index (χ2v) is 6.29. The summed E-state index contributed by atoms with van der Waals surface area (Å²) in [4.78, 5) is 18.8. The Morgan fingerprint density at radius 3 is 2.22 bits per heavy atom. The summed E-state index contributed by atoms with van der Waals surface area (Å²) < 4.78 is 0. The molecule has 0 saturated carbocycles. The molecule has 0 radical (unpaired) electrons. The Bertz CT molecular complexity index is 429. The highest BCUT2D eigenvalue weighted by molar-refractivity contribution is 7.11. The lowest BCUT2D eigenvalue weighted by Gasteiger charge is -2.32. The Morgan fingerprint density at radius 2 is 1.89 bits per heavy atom. The van der Waals surface area contributed by atoms with Crippen molar-refractivity contribution >= 4 is 17.3 Å². The lowest BCUT2D eigenvalue weighted by atomic mass is 10.0.